The van der Waals surface area contributed by atoms with Gasteiger partial charge < -0.3 is 10.4 Å². The van der Waals surface area contributed by atoms with E-state index in [0.29, 0.717) is 5.92 Å². The van der Waals surface area contributed by atoms with E-state index in [9.17, 15) is 0 Å². The highest BCUT2D eigenvalue weighted by Gasteiger charge is 2.26. The van der Waals surface area contributed by atoms with Crippen molar-refractivity contribution in [3.05, 3.63) is 24.0 Å². The first kappa shape index (κ1) is 9.46. The van der Waals surface area contributed by atoms with E-state index in [-0.39, 0.29) is 6.10 Å². The van der Waals surface area contributed by atoms with Gasteiger partial charge in [-0.25, -0.2) is 0 Å². The van der Waals surface area contributed by atoms with Crippen LogP contribution in [0, 0.1) is 12.8 Å². The van der Waals surface area contributed by atoms with Gasteiger partial charge in [-0.1, -0.05) is 0 Å². The number of rotatable bonds is 3. The molecule has 1 aromatic rings. The van der Waals surface area contributed by atoms with Crippen LogP contribution >= 0.6 is 0 Å². The number of nitrogens with one attached hydrogen (secondary N) is 1. The Balaban J connectivity index is 1.80. The monoisotopic (exact) mass is 192 g/mol. The van der Waals surface area contributed by atoms with Crippen molar-refractivity contribution in [2.75, 3.05) is 11.9 Å². The Hall–Kier alpha value is -1.09. The van der Waals surface area contributed by atoms with Crippen molar-refractivity contribution in [3.63, 3.8) is 0 Å². The van der Waals surface area contributed by atoms with E-state index in [2.05, 4.69) is 10.3 Å². The number of aryl methyl sites for hydroxylation is 1. The molecule has 1 fully saturated rings. The van der Waals surface area contributed by atoms with E-state index < -0.39 is 0 Å². The predicted octanol–water partition coefficient (Wildman–Crippen LogP) is 1.57. The third-order valence-electron chi connectivity index (χ3n) is 2.70. The zero-order valence-electron chi connectivity index (χ0n) is 8.40. The van der Waals surface area contributed by atoms with Gasteiger partial charge in [-0.2, -0.15) is 0 Å². The second-order valence-electron chi connectivity index (χ2n) is 4.06. The molecule has 0 aromatic carbocycles. The molecule has 0 aliphatic heterocycles. The third kappa shape index (κ3) is 2.23. The normalized spacial score (nSPS) is 25.6. The smallest absolute Gasteiger partial charge is 0.0546 e. The molecule has 1 aliphatic rings. The van der Waals surface area contributed by atoms with Gasteiger partial charge >= 0.3 is 0 Å². The van der Waals surface area contributed by atoms with E-state index in [0.717, 1.165) is 30.8 Å². The van der Waals surface area contributed by atoms with Crippen LogP contribution < -0.4 is 5.32 Å². The number of aromatic nitrogens is 1. The van der Waals surface area contributed by atoms with E-state index in [1.165, 1.54) is 0 Å². The van der Waals surface area contributed by atoms with Crippen molar-refractivity contribution in [2.24, 2.45) is 5.92 Å². The number of pyridine rings is 1. The molecule has 2 rings (SSSR count). The number of anilines is 1. The summed E-state index contributed by atoms with van der Waals surface area (Å²) in [7, 11) is 0. The van der Waals surface area contributed by atoms with Crippen LogP contribution in [0.15, 0.2) is 18.3 Å². The van der Waals surface area contributed by atoms with Gasteiger partial charge in [0.2, 0.25) is 0 Å². The number of aliphatic hydroxyl groups excluding tert-OH is 1. The summed E-state index contributed by atoms with van der Waals surface area (Å²) < 4.78 is 0. The summed E-state index contributed by atoms with van der Waals surface area (Å²) in [5.41, 5.74) is 2.16. The summed E-state index contributed by atoms with van der Waals surface area (Å²) in [6.45, 7) is 2.94. The van der Waals surface area contributed by atoms with Gasteiger partial charge in [0.15, 0.2) is 0 Å². The molecule has 1 aromatic heterocycles. The first-order valence-corrected chi connectivity index (χ1v) is 5.08. The van der Waals surface area contributed by atoms with E-state index >= 15 is 0 Å². The molecule has 0 saturated heterocycles. The maximum absolute atomic E-state index is 9.12. The molecule has 0 atom stereocenters. The van der Waals surface area contributed by atoms with Gasteiger partial charge in [0.1, 0.15) is 0 Å². The maximum atomic E-state index is 9.12. The highest BCUT2D eigenvalue weighted by atomic mass is 16.3. The van der Waals surface area contributed by atoms with Crippen LogP contribution in [-0.2, 0) is 0 Å². The quantitative estimate of drug-likeness (QED) is 0.764. The van der Waals surface area contributed by atoms with Gasteiger partial charge in [-0.3, -0.25) is 4.98 Å². The molecule has 3 heteroatoms. The Morgan fingerprint density at radius 1 is 1.57 bits per heavy atom. The van der Waals surface area contributed by atoms with Crippen LogP contribution in [0.25, 0.3) is 0 Å². The van der Waals surface area contributed by atoms with Crippen LogP contribution in [0.3, 0.4) is 0 Å². The van der Waals surface area contributed by atoms with Gasteiger partial charge in [-0.05, 0) is 37.8 Å². The van der Waals surface area contributed by atoms with Crippen LogP contribution in [0.1, 0.15) is 18.5 Å². The molecule has 3 nitrogen and oxygen atoms in total. The van der Waals surface area contributed by atoms with E-state index in [1.54, 1.807) is 0 Å². The molecule has 1 heterocycles. The van der Waals surface area contributed by atoms with Gasteiger partial charge in [-0.15, -0.1) is 0 Å². The Morgan fingerprint density at radius 3 is 3.00 bits per heavy atom. The van der Waals surface area contributed by atoms with Crippen LogP contribution in [0.4, 0.5) is 5.69 Å². The summed E-state index contributed by atoms with van der Waals surface area (Å²) in [4.78, 5) is 4.13. The predicted molar refractivity (Wildman–Crippen MR) is 56.2 cm³/mol. The molecule has 0 bridgehead atoms. The minimum atomic E-state index is -0.0547. The molecule has 14 heavy (non-hydrogen) atoms. The number of nitrogens with zero attached hydrogens (tertiary/aromatic N) is 1. The molecule has 2 N–H and O–H groups in total. The third-order valence-corrected chi connectivity index (χ3v) is 2.70. The van der Waals surface area contributed by atoms with Crippen LogP contribution in [0.5, 0.6) is 0 Å². The lowest BCUT2D eigenvalue weighted by Crippen LogP contribution is -2.33. The zero-order valence-corrected chi connectivity index (χ0v) is 8.40. The van der Waals surface area contributed by atoms with Crippen molar-refractivity contribution < 1.29 is 5.11 Å². The molecular weight excluding hydrogens is 176 g/mol. The molecule has 1 saturated carbocycles. The second-order valence-corrected chi connectivity index (χ2v) is 4.06. The Morgan fingerprint density at radius 2 is 2.36 bits per heavy atom. The van der Waals surface area contributed by atoms with Crippen molar-refractivity contribution in [1.29, 1.82) is 0 Å². The fourth-order valence-electron chi connectivity index (χ4n) is 1.78. The highest BCUT2D eigenvalue weighted by Crippen LogP contribution is 2.27. The number of aliphatic hydroxyl groups is 1. The first-order valence-electron chi connectivity index (χ1n) is 5.08. The average Bonchev–Trinajstić information content (AvgIpc) is 2.11. The lowest BCUT2D eigenvalue weighted by Gasteiger charge is -2.31. The summed E-state index contributed by atoms with van der Waals surface area (Å²) in [6.07, 6.45) is 3.64. The molecule has 0 amide bonds. The van der Waals surface area contributed by atoms with Crippen molar-refractivity contribution in [3.8, 4) is 0 Å². The minimum Gasteiger partial charge on any atom is -0.393 e. The van der Waals surface area contributed by atoms with E-state index in [1.807, 2.05) is 25.3 Å². The average molecular weight is 192 g/mol. The SMILES string of the molecule is Cc1cc(NCC2CC(O)C2)ccn1. The molecule has 0 radical (unpaired) electrons. The number of hydrogen-bond donors (Lipinski definition) is 2. The summed E-state index contributed by atoms with van der Waals surface area (Å²) in [6, 6.07) is 4.01. The van der Waals surface area contributed by atoms with Crippen LogP contribution in [0.2, 0.25) is 0 Å². The summed E-state index contributed by atoms with van der Waals surface area (Å²) >= 11 is 0. The molecule has 0 spiro atoms. The first-order chi connectivity index (χ1) is 6.74. The Bertz CT molecular complexity index is 308. The van der Waals surface area contributed by atoms with Crippen LogP contribution in [-0.4, -0.2) is 22.7 Å². The van der Waals surface area contributed by atoms with Gasteiger partial charge in [0.25, 0.3) is 0 Å². The topological polar surface area (TPSA) is 45.1 Å². The molecule has 0 unspecified atom stereocenters. The lowest BCUT2D eigenvalue weighted by molar-refractivity contribution is 0.0487. The fourth-order valence-corrected chi connectivity index (χ4v) is 1.78. The summed E-state index contributed by atoms with van der Waals surface area (Å²) in [5, 5.41) is 12.5. The van der Waals surface area contributed by atoms with Gasteiger partial charge in [0.05, 0.1) is 6.10 Å². The fraction of sp³-hybridized carbons (Fsp3) is 0.545. The Kier molecular flexibility index (Phi) is 2.68. The molecule has 76 valence electrons. The largest absolute Gasteiger partial charge is 0.393 e. The van der Waals surface area contributed by atoms with Crippen molar-refractivity contribution in [1.82, 2.24) is 4.98 Å². The minimum absolute atomic E-state index is 0.0547. The molecule has 1 aliphatic carbocycles. The molecular formula is C11H16N2O. The summed E-state index contributed by atoms with van der Waals surface area (Å²) in [5.74, 6) is 0.637. The van der Waals surface area contributed by atoms with Gasteiger partial charge in [0, 0.05) is 24.1 Å². The van der Waals surface area contributed by atoms with E-state index in [4.69, 9.17) is 5.11 Å². The number of hydrogen-bond acceptors (Lipinski definition) is 3. The zero-order chi connectivity index (χ0) is 9.97. The highest BCUT2D eigenvalue weighted by molar-refractivity contribution is 5.42. The van der Waals surface area contributed by atoms with Crippen molar-refractivity contribution >= 4 is 5.69 Å². The maximum Gasteiger partial charge on any atom is 0.0546 e. The Labute approximate surface area is 84.2 Å². The standard InChI is InChI=1S/C11H16N2O/c1-8-4-10(2-3-12-8)13-7-9-5-11(14)6-9/h2-4,9,11,14H,5-7H2,1H3,(H,12,13). The van der Waals surface area contributed by atoms with Crippen molar-refractivity contribution in [2.45, 2.75) is 25.9 Å². The second kappa shape index (κ2) is 3.96. The lowest BCUT2D eigenvalue weighted by atomic mass is 9.82.